The summed E-state index contributed by atoms with van der Waals surface area (Å²) in [6.45, 7) is 1.83. The predicted octanol–water partition coefficient (Wildman–Crippen LogP) is 4.67. The molecule has 0 fully saturated rings. The maximum absolute atomic E-state index is 13.8. The van der Waals surface area contributed by atoms with Crippen LogP contribution in [0.5, 0.6) is 0 Å². The number of non-ortho nitro benzene ring substituents is 1. The summed E-state index contributed by atoms with van der Waals surface area (Å²) in [4.78, 5) is 10.1. The zero-order valence-electron chi connectivity index (χ0n) is 10.6. The van der Waals surface area contributed by atoms with E-state index in [1.165, 1.54) is 18.2 Å². The minimum absolute atomic E-state index is 0.0259. The van der Waals surface area contributed by atoms with Crippen molar-refractivity contribution in [2.24, 2.45) is 0 Å². The third kappa shape index (κ3) is 3.33. The largest absolute Gasteiger partial charge is 0.378 e. The lowest BCUT2D eigenvalue weighted by Gasteiger charge is -2.16. The number of nitro groups is 1. The second kappa shape index (κ2) is 6.00. The summed E-state index contributed by atoms with van der Waals surface area (Å²) >= 11 is 3.21. The van der Waals surface area contributed by atoms with E-state index in [0.717, 1.165) is 0 Å². The molecule has 0 bridgehead atoms. The van der Waals surface area contributed by atoms with Gasteiger partial charge in [0.1, 0.15) is 5.82 Å². The SMILES string of the molecule is CC(Nc1ccc([N+](=O)[O-])cc1)c1ccc(Br)cc1F. The highest BCUT2D eigenvalue weighted by atomic mass is 79.9. The van der Waals surface area contributed by atoms with Crippen molar-refractivity contribution in [1.82, 2.24) is 0 Å². The third-order valence-electron chi connectivity index (χ3n) is 2.89. The summed E-state index contributed by atoms with van der Waals surface area (Å²) in [5, 5.41) is 13.7. The third-order valence-corrected chi connectivity index (χ3v) is 3.38. The monoisotopic (exact) mass is 338 g/mol. The minimum atomic E-state index is -0.457. The van der Waals surface area contributed by atoms with Gasteiger partial charge in [-0.05, 0) is 31.2 Å². The number of nitrogens with zero attached hydrogens (tertiary/aromatic N) is 1. The molecule has 0 amide bonds. The zero-order chi connectivity index (χ0) is 14.7. The fourth-order valence-electron chi connectivity index (χ4n) is 1.86. The van der Waals surface area contributed by atoms with Crippen molar-refractivity contribution in [1.29, 1.82) is 0 Å². The molecule has 0 heterocycles. The van der Waals surface area contributed by atoms with E-state index in [0.29, 0.717) is 15.7 Å². The summed E-state index contributed by atoms with van der Waals surface area (Å²) in [6.07, 6.45) is 0. The molecule has 0 spiro atoms. The summed E-state index contributed by atoms with van der Waals surface area (Å²) in [5.41, 5.74) is 1.26. The average molecular weight is 339 g/mol. The van der Waals surface area contributed by atoms with Crippen LogP contribution in [-0.4, -0.2) is 4.92 Å². The Morgan fingerprint density at radius 3 is 2.45 bits per heavy atom. The van der Waals surface area contributed by atoms with Crippen LogP contribution in [0.3, 0.4) is 0 Å². The van der Waals surface area contributed by atoms with Gasteiger partial charge in [-0.15, -0.1) is 0 Å². The van der Waals surface area contributed by atoms with Crippen molar-refractivity contribution in [2.45, 2.75) is 13.0 Å². The Balaban J connectivity index is 2.14. The van der Waals surface area contributed by atoms with Gasteiger partial charge in [0.05, 0.1) is 11.0 Å². The number of hydrogen-bond acceptors (Lipinski definition) is 3. The number of benzene rings is 2. The average Bonchev–Trinajstić information content (AvgIpc) is 2.39. The molecule has 20 heavy (non-hydrogen) atoms. The Morgan fingerprint density at radius 2 is 1.90 bits per heavy atom. The molecule has 2 rings (SSSR count). The Kier molecular flexibility index (Phi) is 4.34. The van der Waals surface area contributed by atoms with E-state index in [1.807, 2.05) is 6.92 Å². The molecule has 0 aliphatic heterocycles. The van der Waals surface area contributed by atoms with Crippen LogP contribution in [0.15, 0.2) is 46.9 Å². The van der Waals surface area contributed by atoms with Gasteiger partial charge in [-0.25, -0.2) is 4.39 Å². The molecular formula is C14H12BrFN2O2. The molecule has 2 aromatic carbocycles. The topological polar surface area (TPSA) is 55.2 Å². The van der Waals surface area contributed by atoms with Gasteiger partial charge in [0.15, 0.2) is 0 Å². The van der Waals surface area contributed by atoms with Crippen LogP contribution in [0.1, 0.15) is 18.5 Å². The molecule has 0 aliphatic rings. The summed E-state index contributed by atoms with van der Waals surface area (Å²) in [5.74, 6) is -0.304. The minimum Gasteiger partial charge on any atom is -0.378 e. The molecule has 1 atom stereocenters. The molecule has 0 saturated heterocycles. The molecular weight excluding hydrogens is 327 g/mol. The van der Waals surface area contributed by atoms with Crippen LogP contribution in [0, 0.1) is 15.9 Å². The summed E-state index contributed by atoms with van der Waals surface area (Å²) < 4.78 is 14.5. The highest BCUT2D eigenvalue weighted by molar-refractivity contribution is 9.10. The van der Waals surface area contributed by atoms with Gasteiger partial charge in [-0.3, -0.25) is 10.1 Å². The van der Waals surface area contributed by atoms with E-state index in [-0.39, 0.29) is 17.5 Å². The van der Waals surface area contributed by atoms with Gasteiger partial charge in [0, 0.05) is 27.9 Å². The molecule has 0 aliphatic carbocycles. The van der Waals surface area contributed by atoms with Gasteiger partial charge < -0.3 is 5.32 Å². The predicted molar refractivity (Wildman–Crippen MR) is 79.2 cm³/mol. The molecule has 1 N–H and O–H groups in total. The van der Waals surface area contributed by atoms with Gasteiger partial charge in [-0.2, -0.15) is 0 Å². The molecule has 104 valence electrons. The number of nitro benzene ring substituents is 1. The van der Waals surface area contributed by atoms with Crippen molar-refractivity contribution in [2.75, 3.05) is 5.32 Å². The van der Waals surface area contributed by atoms with Gasteiger partial charge in [0.2, 0.25) is 0 Å². The van der Waals surface area contributed by atoms with Crippen LogP contribution >= 0.6 is 15.9 Å². The second-order valence-corrected chi connectivity index (χ2v) is 5.25. The van der Waals surface area contributed by atoms with Crippen LogP contribution < -0.4 is 5.32 Å². The van der Waals surface area contributed by atoms with Crippen LogP contribution in [0.2, 0.25) is 0 Å². The Morgan fingerprint density at radius 1 is 1.25 bits per heavy atom. The number of anilines is 1. The van der Waals surface area contributed by atoms with E-state index in [4.69, 9.17) is 0 Å². The highest BCUT2D eigenvalue weighted by Gasteiger charge is 2.12. The molecule has 0 aromatic heterocycles. The van der Waals surface area contributed by atoms with E-state index >= 15 is 0 Å². The first-order valence-electron chi connectivity index (χ1n) is 5.93. The van der Waals surface area contributed by atoms with Crippen LogP contribution in [-0.2, 0) is 0 Å². The van der Waals surface area contributed by atoms with E-state index in [2.05, 4.69) is 21.2 Å². The van der Waals surface area contributed by atoms with Crippen LogP contribution in [0.25, 0.3) is 0 Å². The smallest absolute Gasteiger partial charge is 0.269 e. The molecule has 4 nitrogen and oxygen atoms in total. The lowest BCUT2D eigenvalue weighted by Crippen LogP contribution is -2.08. The Hall–Kier alpha value is -1.95. The molecule has 0 radical (unpaired) electrons. The Labute approximate surface area is 123 Å². The van der Waals surface area contributed by atoms with Crippen molar-refractivity contribution in [3.8, 4) is 0 Å². The van der Waals surface area contributed by atoms with Gasteiger partial charge in [-0.1, -0.05) is 22.0 Å². The van der Waals surface area contributed by atoms with Crippen LogP contribution in [0.4, 0.5) is 15.8 Å². The normalized spacial score (nSPS) is 11.9. The van der Waals surface area contributed by atoms with Gasteiger partial charge >= 0.3 is 0 Å². The zero-order valence-corrected chi connectivity index (χ0v) is 12.2. The lowest BCUT2D eigenvalue weighted by molar-refractivity contribution is -0.384. The van der Waals surface area contributed by atoms with Crippen molar-refractivity contribution >= 4 is 27.3 Å². The van der Waals surface area contributed by atoms with E-state index in [9.17, 15) is 14.5 Å². The summed E-state index contributed by atoms with van der Waals surface area (Å²) in [6, 6.07) is 10.7. The molecule has 6 heteroatoms. The fourth-order valence-corrected chi connectivity index (χ4v) is 2.19. The highest BCUT2D eigenvalue weighted by Crippen LogP contribution is 2.25. The Bertz CT molecular complexity index is 632. The number of hydrogen-bond donors (Lipinski definition) is 1. The second-order valence-electron chi connectivity index (χ2n) is 4.34. The maximum Gasteiger partial charge on any atom is 0.269 e. The van der Waals surface area contributed by atoms with E-state index in [1.54, 1.807) is 24.3 Å². The number of halogens is 2. The fraction of sp³-hybridized carbons (Fsp3) is 0.143. The standard InChI is InChI=1S/C14H12BrFN2O2/c1-9(13-7-2-10(15)8-14(13)16)17-11-3-5-12(6-4-11)18(19)20/h2-9,17H,1H3. The van der Waals surface area contributed by atoms with Gasteiger partial charge in [0.25, 0.3) is 5.69 Å². The first-order valence-corrected chi connectivity index (χ1v) is 6.72. The van der Waals surface area contributed by atoms with Crippen molar-refractivity contribution in [3.63, 3.8) is 0 Å². The molecule has 0 saturated carbocycles. The van der Waals surface area contributed by atoms with Crippen molar-refractivity contribution < 1.29 is 9.31 Å². The first-order chi connectivity index (χ1) is 9.47. The van der Waals surface area contributed by atoms with Crippen molar-refractivity contribution in [3.05, 3.63) is 68.4 Å². The number of nitrogens with one attached hydrogen (secondary N) is 1. The van der Waals surface area contributed by atoms with E-state index < -0.39 is 4.92 Å². The molecule has 2 aromatic rings. The first kappa shape index (κ1) is 14.5. The maximum atomic E-state index is 13.8. The summed E-state index contributed by atoms with van der Waals surface area (Å²) in [7, 11) is 0. The quantitative estimate of drug-likeness (QED) is 0.651. The number of rotatable bonds is 4. The molecule has 1 unspecified atom stereocenters. The lowest BCUT2D eigenvalue weighted by atomic mass is 10.1.